The molecule has 0 bridgehead atoms. The molecule has 15 heavy (non-hydrogen) atoms. The van der Waals surface area contributed by atoms with E-state index in [1.54, 1.807) is 5.57 Å². The third-order valence-corrected chi connectivity index (χ3v) is 5.54. The zero-order valence-corrected chi connectivity index (χ0v) is 11.1. The Morgan fingerprint density at radius 3 is 3.00 bits per heavy atom. The second-order valence-corrected chi connectivity index (χ2v) is 6.18. The van der Waals surface area contributed by atoms with E-state index in [1.807, 2.05) is 0 Å². The van der Waals surface area contributed by atoms with E-state index in [9.17, 15) is 4.79 Å². The lowest BCUT2D eigenvalue weighted by molar-refractivity contribution is -0.128. The molecule has 0 aromatic heterocycles. The third kappa shape index (κ3) is 1.60. The summed E-state index contributed by atoms with van der Waals surface area (Å²) in [7, 11) is 0. The molecule has 0 radical (unpaired) electrons. The molecule has 1 spiro atoms. The monoisotopic (exact) mass is 316 g/mol. The van der Waals surface area contributed by atoms with E-state index < -0.39 is 0 Å². The SMILES string of the molecule is O=C1CCCC2CC3(CCC12)C/C3=C\I. The Balaban J connectivity index is 1.76. The lowest BCUT2D eigenvalue weighted by atomic mass is 9.65. The predicted octanol–water partition coefficient (Wildman–Crippen LogP) is 3.86. The fourth-order valence-corrected chi connectivity index (χ4v) is 4.67. The van der Waals surface area contributed by atoms with Crippen molar-refractivity contribution in [1.29, 1.82) is 0 Å². The van der Waals surface area contributed by atoms with Crippen LogP contribution in [0.2, 0.25) is 0 Å². The summed E-state index contributed by atoms with van der Waals surface area (Å²) >= 11 is 2.38. The van der Waals surface area contributed by atoms with E-state index in [0.29, 0.717) is 17.1 Å². The number of Topliss-reactive ketones (excluding diaryl/α,β-unsaturated/α-hetero) is 1. The highest BCUT2D eigenvalue weighted by atomic mass is 127. The average Bonchev–Trinajstić information content (AvgIpc) is 2.91. The first-order valence-electron chi connectivity index (χ1n) is 6.08. The Morgan fingerprint density at radius 1 is 1.40 bits per heavy atom. The number of allylic oxidation sites excluding steroid dienone is 1. The van der Waals surface area contributed by atoms with Crippen LogP contribution < -0.4 is 0 Å². The van der Waals surface area contributed by atoms with Crippen LogP contribution in [0.3, 0.4) is 0 Å². The van der Waals surface area contributed by atoms with Gasteiger partial charge in [0.2, 0.25) is 0 Å². The Morgan fingerprint density at radius 2 is 2.27 bits per heavy atom. The van der Waals surface area contributed by atoms with Gasteiger partial charge in [-0.1, -0.05) is 28.2 Å². The Bertz CT molecular complexity index is 333. The van der Waals surface area contributed by atoms with Gasteiger partial charge >= 0.3 is 0 Å². The van der Waals surface area contributed by atoms with Crippen molar-refractivity contribution in [2.45, 2.75) is 44.9 Å². The molecular weight excluding hydrogens is 299 g/mol. The van der Waals surface area contributed by atoms with Crippen molar-refractivity contribution in [1.82, 2.24) is 0 Å². The fraction of sp³-hybridized carbons (Fsp3) is 0.769. The number of hydrogen-bond acceptors (Lipinski definition) is 1. The predicted molar refractivity (Wildman–Crippen MR) is 68.8 cm³/mol. The number of fused-ring (bicyclic) bond motifs is 1. The van der Waals surface area contributed by atoms with Gasteiger partial charge in [0, 0.05) is 12.3 Å². The van der Waals surface area contributed by atoms with Crippen LogP contribution in [0.25, 0.3) is 0 Å². The summed E-state index contributed by atoms with van der Waals surface area (Å²) < 4.78 is 2.28. The maximum atomic E-state index is 11.8. The van der Waals surface area contributed by atoms with Gasteiger partial charge in [-0.05, 0) is 53.9 Å². The number of carbonyl (C=O) groups excluding carboxylic acids is 1. The Kier molecular flexibility index (Phi) is 2.45. The van der Waals surface area contributed by atoms with E-state index in [4.69, 9.17) is 0 Å². The molecule has 3 aliphatic carbocycles. The van der Waals surface area contributed by atoms with Gasteiger partial charge in [-0.2, -0.15) is 0 Å². The van der Waals surface area contributed by atoms with Gasteiger partial charge in [-0.15, -0.1) is 0 Å². The largest absolute Gasteiger partial charge is 0.299 e. The number of halogens is 1. The highest BCUT2D eigenvalue weighted by Crippen LogP contribution is 2.64. The molecule has 0 heterocycles. The molecule has 0 aliphatic heterocycles. The first-order chi connectivity index (χ1) is 7.25. The molecule has 3 atom stereocenters. The molecule has 2 heteroatoms. The van der Waals surface area contributed by atoms with Crippen molar-refractivity contribution in [3.8, 4) is 0 Å². The maximum absolute atomic E-state index is 11.8. The second kappa shape index (κ2) is 3.57. The minimum Gasteiger partial charge on any atom is -0.299 e. The first kappa shape index (κ1) is 10.3. The lowest BCUT2D eigenvalue weighted by Gasteiger charge is -2.38. The summed E-state index contributed by atoms with van der Waals surface area (Å²) in [4.78, 5) is 11.8. The first-order valence-corrected chi connectivity index (χ1v) is 7.32. The Labute approximate surface area is 105 Å². The number of rotatable bonds is 0. The number of carbonyl (C=O) groups is 1. The van der Waals surface area contributed by atoms with E-state index in [-0.39, 0.29) is 0 Å². The lowest BCUT2D eigenvalue weighted by Crippen LogP contribution is -2.34. The van der Waals surface area contributed by atoms with Gasteiger partial charge in [0.15, 0.2) is 0 Å². The van der Waals surface area contributed by atoms with Gasteiger partial charge in [-0.25, -0.2) is 0 Å². The molecule has 0 amide bonds. The van der Waals surface area contributed by atoms with Crippen LogP contribution in [-0.2, 0) is 4.79 Å². The summed E-state index contributed by atoms with van der Waals surface area (Å²) in [6, 6.07) is 0. The van der Waals surface area contributed by atoms with E-state index in [1.165, 1.54) is 32.1 Å². The van der Waals surface area contributed by atoms with Crippen molar-refractivity contribution in [2.75, 3.05) is 0 Å². The molecule has 3 rings (SSSR count). The zero-order chi connectivity index (χ0) is 10.5. The highest BCUT2D eigenvalue weighted by molar-refractivity contribution is 14.1. The standard InChI is InChI=1S/C13H17IO/c14-8-10-7-13(10)5-4-11-9(6-13)2-1-3-12(11)15/h8-9,11H,1-7H2/b10-8+. The maximum Gasteiger partial charge on any atom is 0.136 e. The summed E-state index contributed by atoms with van der Waals surface area (Å²) in [6.07, 6.45) is 8.44. The van der Waals surface area contributed by atoms with Crippen molar-refractivity contribution in [3.63, 3.8) is 0 Å². The van der Waals surface area contributed by atoms with Gasteiger partial charge in [0.25, 0.3) is 0 Å². The molecule has 82 valence electrons. The van der Waals surface area contributed by atoms with Crippen LogP contribution in [0, 0.1) is 17.3 Å². The minimum atomic E-state index is 0.445. The second-order valence-electron chi connectivity index (χ2n) is 5.56. The van der Waals surface area contributed by atoms with Crippen molar-refractivity contribution < 1.29 is 4.79 Å². The molecule has 0 aromatic carbocycles. The summed E-state index contributed by atoms with van der Waals surface area (Å²) in [6.45, 7) is 0. The average molecular weight is 316 g/mol. The normalized spacial score (nSPS) is 47.0. The van der Waals surface area contributed by atoms with E-state index in [0.717, 1.165) is 18.8 Å². The van der Waals surface area contributed by atoms with Crippen LogP contribution in [0.4, 0.5) is 0 Å². The van der Waals surface area contributed by atoms with Crippen molar-refractivity contribution >= 4 is 28.4 Å². The van der Waals surface area contributed by atoms with Crippen molar-refractivity contribution in [3.05, 3.63) is 9.66 Å². The smallest absolute Gasteiger partial charge is 0.136 e. The molecule has 3 fully saturated rings. The molecule has 3 aliphatic rings. The highest BCUT2D eigenvalue weighted by Gasteiger charge is 2.54. The number of hydrogen-bond donors (Lipinski definition) is 0. The molecular formula is C13H17IO. The van der Waals surface area contributed by atoms with E-state index >= 15 is 0 Å². The summed E-state index contributed by atoms with van der Waals surface area (Å²) in [5.41, 5.74) is 2.24. The molecule has 3 saturated carbocycles. The van der Waals surface area contributed by atoms with Crippen LogP contribution in [0.5, 0.6) is 0 Å². The van der Waals surface area contributed by atoms with Crippen LogP contribution in [0.1, 0.15) is 44.9 Å². The van der Waals surface area contributed by atoms with Crippen molar-refractivity contribution in [2.24, 2.45) is 17.3 Å². The third-order valence-electron chi connectivity index (χ3n) is 4.78. The summed E-state index contributed by atoms with van der Waals surface area (Å²) in [5.74, 6) is 1.75. The zero-order valence-electron chi connectivity index (χ0n) is 8.97. The number of ketones is 1. The van der Waals surface area contributed by atoms with Gasteiger partial charge in [0.05, 0.1) is 0 Å². The molecule has 0 N–H and O–H groups in total. The van der Waals surface area contributed by atoms with Crippen LogP contribution >= 0.6 is 22.6 Å². The van der Waals surface area contributed by atoms with Gasteiger partial charge in [0.1, 0.15) is 5.78 Å². The fourth-order valence-electron chi connectivity index (χ4n) is 3.79. The van der Waals surface area contributed by atoms with Crippen LogP contribution in [0.15, 0.2) is 9.66 Å². The van der Waals surface area contributed by atoms with Gasteiger partial charge in [-0.3, -0.25) is 4.79 Å². The minimum absolute atomic E-state index is 0.445. The molecule has 3 unspecified atom stereocenters. The molecule has 0 saturated heterocycles. The quantitative estimate of drug-likeness (QED) is 0.620. The molecule has 1 nitrogen and oxygen atoms in total. The molecule has 0 aromatic rings. The topological polar surface area (TPSA) is 17.1 Å². The van der Waals surface area contributed by atoms with Crippen LogP contribution in [-0.4, -0.2) is 5.78 Å². The van der Waals surface area contributed by atoms with Gasteiger partial charge < -0.3 is 0 Å². The summed E-state index contributed by atoms with van der Waals surface area (Å²) in [5, 5.41) is 0. The Hall–Kier alpha value is 0.140. The van der Waals surface area contributed by atoms with E-state index in [2.05, 4.69) is 26.7 Å².